The fourth-order valence-corrected chi connectivity index (χ4v) is 4.44. The molecule has 2 aliphatic rings. The highest BCUT2D eigenvalue weighted by atomic mass is 35.5. The van der Waals surface area contributed by atoms with Gasteiger partial charge in [0.25, 0.3) is 0 Å². The van der Waals surface area contributed by atoms with Crippen molar-refractivity contribution in [3.63, 3.8) is 0 Å². The SMILES string of the molecule is Cc1nc2c(c(N3CCCCC3C)n1)CCN2c1ccc(Cl)cc1Cl. The average molecular weight is 377 g/mol. The van der Waals surface area contributed by atoms with E-state index in [9.17, 15) is 0 Å². The van der Waals surface area contributed by atoms with Crippen LogP contribution < -0.4 is 9.80 Å². The van der Waals surface area contributed by atoms with E-state index in [-0.39, 0.29) is 0 Å². The van der Waals surface area contributed by atoms with Crippen LogP contribution in [0.4, 0.5) is 17.3 Å². The molecule has 0 N–H and O–H groups in total. The van der Waals surface area contributed by atoms with Crippen molar-refractivity contribution in [3.05, 3.63) is 39.6 Å². The summed E-state index contributed by atoms with van der Waals surface area (Å²) >= 11 is 12.5. The summed E-state index contributed by atoms with van der Waals surface area (Å²) in [4.78, 5) is 14.2. The van der Waals surface area contributed by atoms with E-state index in [1.54, 1.807) is 6.07 Å². The van der Waals surface area contributed by atoms with Gasteiger partial charge in [-0.2, -0.15) is 0 Å². The monoisotopic (exact) mass is 376 g/mol. The van der Waals surface area contributed by atoms with E-state index >= 15 is 0 Å². The molecule has 1 fully saturated rings. The molecule has 1 saturated heterocycles. The third-order valence-corrected chi connectivity index (χ3v) is 5.73. The molecule has 0 amide bonds. The highest BCUT2D eigenvalue weighted by Crippen LogP contribution is 2.41. The summed E-state index contributed by atoms with van der Waals surface area (Å²) in [5.74, 6) is 2.91. The number of nitrogens with zero attached hydrogens (tertiary/aromatic N) is 4. The Morgan fingerprint density at radius 2 is 1.88 bits per heavy atom. The first-order valence-electron chi connectivity index (χ1n) is 8.91. The molecule has 0 radical (unpaired) electrons. The van der Waals surface area contributed by atoms with Crippen LogP contribution in [-0.2, 0) is 6.42 Å². The Hall–Kier alpha value is -1.52. The summed E-state index contributed by atoms with van der Waals surface area (Å²) in [6, 6.07) is 6.17. The zero-order chi connectivity index (χ0) is 17.6. The van der Waals surface area contributed by atoms with E-state index in [0.717, 1.165) is 42.7 Å². The second kappa shape index (κ2) is 6.65. The van der Waals surface area contributed by atoms with Crippen molar-refractivity contribution in [2.75, 3.05) is 22.9 Å². The van der Waals surface area contributed by atoms with Gasteiger partial charge in [-0.15, -0.1) is 0 Å². The van der Waals surface area contributed by atoms with Crippen LogP contribution in [0.5, 0.6) is 0 Å². The van der Waals surface area contributed by atoms with E-state index in [1.807, 2.05) is 19.1 Å². The summed E-state index contributed by atoms with van der Waals surface area (Å²) in [5.41, 5.74) is 2.20. The zero-order valence-electron chi connectivity index (χ0n) is 14.6. The van der Waals surface area contributed by atoms with E-state index in [0.29, 0.717) is 16.1 Å². The van der Waals surface area contributed by atoms with Crippen molar-refractivity contribution in [3.8, 4) is 0 Å². The van der Waals surface area contributed by atoms with Crippen molar-refractivity contribution >= 4 is 40.5 Å². The molecule has 0 aliphatic carbocycles. The lowest BCUT2D eigenvalue weighted by molar-refractivity contribution is 0.479. The number of anilines is 3. The molecular weight excluding hydrogens is 355 g/mol. The third-order valence-electron chi connectivity index (χ3n) is 5.19. The Morgan fingerprint density at radius 1 is 1.08 bits per heavy atom. The average Bonchev–Trinajstić information content (AvgIpc) is 2.98. The first-order chi connectivity index (χ1) is 12.0. The standard InChI is InChI=1S/C19H22Cl2N4/c1-12-5-3-4-9-24(12)18-15-8-10-25(19(15)23-13(2)22-18)17-7-6-14(20)11-16(17)21/h6-7,11-12H,3-5,8-10H2,1-2H3. The van der Waals surface area contributed by atoms with Gasteiger partial charge in [0.1, 0.15) is 17.5 Å². The molecule has 6 heteroatoms. The number of fused-ring (bicyclic) bond motifs is 1. The van der Waals surface area contributed by atoms with Gasteiger partial charge in [-0.05, 0) is 57.7 Å². The van der Waals surface area contributed by atoms with Crippen LogP contribution in [-0.4, -0.2) is 29.1 Å². The van der Waals surface area contributed by atoms with E-state index in [4.69, 9.17) is 33.2 Å². The van der Waals surface area contributed by atoms with Crippen LogP contribution in [0.25, 0.3) is 0 Å². The number of hydrogen-bond donors (Lipinski definition) is 0. The topological polar surface area (TPSA) is 32.3 Å². The lowest BCUT2D eigenvalue weighted by Gasteiger charge is -2.35. The number of benzene rings is 1. The van der Waals surface area contributed by atoms with Crippen molar-refractivity contribution in [2.24, 2.45) is 0 Å². The number of aryl methyl sites for hydroxylation is 1. The van der Waals surface area contributed by atoms with E-state index in [1.165, 1.54) is 24.8 Å². The Morgan fingerprint density at radius 3 is 2.64 bits per heavy atom. The molecule has 0 spiro atoms. The Balaban J connectivity index is 1.78. The zero-order valence-corrected chi connectivity index (χ0v) is 16.1. The quantitative estimate of drug-likeness (QED) is 0.723. The predicted molar refractivity (Wildman–Crippen MR) is 105 cm³/mol. The fraction of sp³-hybridized carbons (Fsp3) is 0.474. The Bertz CT molecular complexity index is 808. The smallest absolute Gasteiger partial charge is 0.142 e. The number of halogens is 2. The van der Waals surface area contributed by atoms with Gasteiger partial charge in [-0.3, -0.25) is 0 Å². The Labute approximate surface area is 158 Å². The minimum atomic E-state index is 0.528. The number of aromatic nitrogens is 2. The molecule has 1 atom stereocenters. The van der Waals surface area contributed by atoms with Crippen LogP contribution in [0, 0.1) is 6.92 Å². The van der Waals surface area contributed by atoms with Crippen LogP contribution in [0.15, 0.2) is 18.2 Å². The maximum absolute atomic E-state index is 6.45. The molecule has 1 unspecified atom stereocenters. The highest BCUT2D eigenvalue weighted by Gasteiger charge is 2.31. The van der Waals surface area contributed by atoms with Gasteiger partial charge >= 0.3 is 0 Å². The fourth-order valence-electron chi connectivity index (χ4n) is 3.93. The largest absolute Gasteiger partial charge is 0.354 e. The normalized spacial score (nSPS) is 20.1. The van der Waals surface area contributed by atoms with Crippen molar-refractivity contribution in [2.45, 2.75) is 45.6 Å². The molecule has 3 heterocycles. The van der Waals surface area contributed by atoms with Gasteiger partial charge in [0, 0.05) is 29.7 Å². The van der Waals surface area contributed by atoms with Crippen LogP contribution in [0.2, 0.25) is 10.0 Å². The molecular formula is C19H22Cl2N4. The maximum Gasteiger partial charge on any atom is 0.142 e. The van der Waals surface area contributed by atoms with Gasteiger partial charge in [0.2, 0.25) is 0 Å². The molecule has 0 bridgehead atoms. The number of piperidine rings is 1. The second-order valence-corrected chi connectivity index (χ2v) is 7.78. The third kappa shape index (κ3) is 3.06. The van der Waals surface area contributed by atoms with Gasteiger partial charge in [-0.25, -0.2) is 9.97 Å². The van der Waals surface area contributed by atoms with Gasteiger partial charge in [0.05, 0.1) is 10.7 Å². The summed E-state index contributed by atoms with van der Waals surface area (Å²) in [7, 11) is 0. The van der Waals surface area contributed by atoms with Crippen molar-refractivity contribution in [1.29, 1.82) is 0 Å². The number of hydrogen-bond acceptors (Lipinski definition) is 4. The van der Waals surface area contributed by atoms with E-state index < -0.39 is 0 Å². The predicted octanol–water partition coefficient (Wildman–Crippen LogP) is 5.16. The molecule has 4 rings (SSSR count). The van der Waals surface area contributed by atoms with Gasteiger partial charge in [-0.1, -0.05) is 23.2 Å². The van der Waals surface area contributed by atoms with Gasteiger partial charge < -0.3 is 9.80 Å². The van der Waals surface area contributed by atoms with Crippen LogP contribution in [0.3, 0.4) is 0 Å². The van der Waals surface area contributed by atoms with Crippen LogP contribution in [0.1, 0.15) is 37.6 Å². The maximum atomic E-state index is 6.45. The lowest BCUT2D eigenvalue weighted by Crippen LogP contribution is -2.38. The molecule has 1 aromatic carbocycles. The minimum Gasteiger partial charge on any atom is -0.354 e. The summed E-state index contributed by atoms with van der Waals surface area (Å²) in [6.45, 7) is 6.21. The molecule has 25 heavy (non-hydrogen) atoms. The first kappa shape index (κ1) is 16.9. The van der Waals surface area contributed by atoms with E-state index in [2.05, 4.69) is 16.7 Å². The van der Waals surface area contributed by atoms with Crippen LogP contribution >= 0.6 is 23.2 Å². The number of rotatable bonds is 2. The molecule has 4 nitrogen and oxygen atoms in total. The molecule has 132 valence electrons. The van der Waals surface area contributed by atoms with Crippen molar-refractivity contribution < 1.29 is 0 Å². The molecule has 0 saturated carbocycles. The van der Waals surface area contributed by atoms with Crippen molar-refractivity contribution in [1.82, 2.24) is 9.97 Å². The second-order valence-electron chi connectivity index (χ2n) is 6.93. The Kier molecular flexibility index (Phi) is 4.50. The summed E-state index contributed by atoms with van der Waals surface area (Å²) in [6.07, 6.45) is 4.70. The molecule has 1 aromatic heterocycles. The summed E-state index contributed by atoms with van der Waals surface area (Å²) < 4.78 is 0. The molecule has 2 aliphatic heterocycles. The molecule has 2 aromatic rings. The highest BCUT2D eigenvalue weighted by molar-refractivity contribution is 6.36. The minimum absolute atomic E-state index is 0.528. The lowest BCUT2D eigenvalue weighted by atomic mass is 10.0. The first-order valence-corrected chi connectivity index (χ1v) is 9.67. The summed E-state index contributed by atoms with van der Waals surface area (Å²) in [5, 5.41) is 1.30. The van der Waals surface area contributed by atoms with Gasteiger partial charge in [0.15, 0.2) is 0 Å².